The number of aliphatic hydroxyl groups is 1. The first-order valence-corrected chi connectivity index (χ1v) is 9.74. The van der Waals surface area contributed by atoms with Crippen LogP contribution in [0, 0.1) is 5.82 Å². The normalized spacial score (nSPS) is 18.1. The number of hydrogen-bond donors (Lipinski definition) is 1. The van der Waals surface area contributed by atoms with Crippen LogP contribution in [0.1, 0.15) is 30.5 Å². The van der Waals surface area contributed by atoms with Crippen molar-refractivity contribution < 1.29 is 28.6 Å². The Labute approximate surface area is 174 Å². The SMILES string of the molecule is CCOc1cccc(/C(O)=C2\C(=O)C(=O)N(CCCOC)C2c2ccc(F)cc2)c1. The minimum Gasteiger partial charge on any atom is -0.507 e. The zero-order valence-corrected chi connectivity index (χ0v) is 16.9. The van der Waals surface area contributed by atoms with E-state index in [1.54, 1.807) is 31.4 Å². The molecule has 3 rings (SSSR count). The summed E-state index contributed by atoms with van der Waals surface area (Å²) in [7, 11) is 1.55. The van der Waals surface area contributed by atoms with Gasteiger partial charge in [-0.1, -0.05) is 24.3 Å². The van der Waals surface area contributed by atoms with E-state index in [0.717, 1.165) is 0 Å². The molecule has 0 aromatic heterocycles. The van der Waals surface area contributed by atoms with Gasteiger partial charge in [0.1, 0.15) is 17.3 Å². The molecule has 2 aromatic rings. The monoisotopic (exact) mass is 413 g/mol. The number of rotatable bonds is 8. The van der Waals surface area contributed by atoms with Gasteiger partial charge in [-0.25, -0.2) is 4.39 Å². The molecule has 1 fully saturated rings. The molecular weight excluding hydrogens is 389 g/mol. The molecule has 0 radical (unpaired) electrons. The van der Waals surface area contributed by atoms with Crippen LogP contribution in [-0.2, 0) is 14.3 Å². The zero-order chi connectivity index (χ0) is 21.7. The second-order valence-electron chi connectivity index (χ2n) is 6.85. The molecule has 158 valence electrons. The average Bonchev–Trinajstić information content (AvgIpc) is 2.99. The van der Waals surface area contributed by atoms with E-state index in [-0.39, 0.29) is 17.9 Å². The van der Waals surface area contributed by atoms with Crippen LogP contribution in [0.15, 0.2) is 54.1 Å². The van der Waals surface area contributed by atoms with E-state index in [9.17, 15) is 19.1 Å². The van der Waals surface area contributed by atoms with Crippen molar-refractivity contribution in [3.63, 3.8) is 0 Å². The first-order valence-electron chi connectivity index (χ1n) is 9.74. The molecule has 1 N–H and O–H groups in total. The number of Topliss-reactive ketones (excluding diaryl/α,β-unsaturated/α-hetero) is 1. The van der Waals surface area contributed by atoms with Crippen LogP contribution >= 0.6 is 0 Å². The van der Waals surface area contributed by atoms with E-state index in [0.29, 0.717) is 36.5 Å². The first-order chi connectivity index (χ1) is 14.5. The number of likely N-dealkylation sites (tertiary alicyclic amines) is 1. The van der Waals surface area contributed by atoms with Crippen molar-refractivity contribution in [2.45, 2.75) is 19.4 Å². The molecule has 30 heavy (non-hydrogen) atoms. The van der Waals surface area contributed by atoms with Crippen LogP contribution in [0.4, 0.5) is 4.39 Å². The Hall–Kier alpha value is -3.19. The molecule has 6 nitrogen and oxygen atoms in total. The van der Waals surface area contributed by atoms with Gasteiger partial charge in [-0.3, -0.25) is 9.59 Å². The van der Waals surface area contributed by atoms with Gasteiger partial charge < -0.3 is 19.5 Å². The lowest BCUT2D eigenvalue weighted by Gasteiger charge is -2.25. The van der Waals surface area contributed by atoms with Crippen molar-refractivity contribution in [1.29, 1.82) is 0 Å². The Morgan fingerprint density at radius 1 is 1.17 bits per heavy atom. The lowest BCUT2D eigenvalue weighted by Crippen LogP contribution is -2.31. The molecule has 1 aliphatic rings. The number of halogens is 1. The third-order valence-corrected chi connectivity index (χ3v) is 4.89. The standard InChI is InChI=1S/C23H24FNO5/c1-3-30-18-7-4-6-16(14-18)21(26)19-20(15-8-10-17(24)11-9-15)25(12-5-13-29-2)23(28)22(19)27/h4,6-11,14,20,26H,3,5,12-13H2,1-2H3/b21-19+. The summed E-state index contributed by atoms with van der Waals surface area (Å²) < 4.78 is 24.0. The number of carbonyl (C=O) groups excluding carboxylic acids is 2. The van der Waals surface area contributed by atoms with Gasteiger partial charge >= 0.3 is 0 Å². The van der Waals surface area contributed by atoms with Crippen molar-refractivity contribution in [3.8, 4) is 5.75 Å². The highest BCUT2D eigenvalue weighted by Gasteiger charge is 2.45. The van der Waals surface area contributed by atoms with Gasteiger partial charge in [0.25, 0.3) is 11.7 Å². The summed E-state index contributed by atoms with van der Waals surface area (Å²) in [6, 6.07) is 11.4. The summed E-state index contributed by atoms with van der Waals surface area (Å²) in [4.78, 5) is 27.0. The second kappa shape index (κ2) is 9.54. The minimum absolute atomic E-state index is 0.0299. The molecule has 1 amide bonds. The predicted molar refractivity (Wildman–Crippen MR) is 110 cm³/mol. The van der Waals surface area contributed by atoms with Gasteiger partial charge in [-0.15, -0.1) is 0 Å². The maximum absolute atomic E-state index is 13.5. The largest absolute Gasteiger partial charge is 0.507 e. The highest BCUT2D eigenvalue weighted by molar-refractivity contribution is 6.46. The van der Waals surface area contributed by atoms with Crippen molar-refractivity contribution in [3.05, 3.63) is 71.0 Å². The highest BCUT2D eigenvalue weighted by atomic mass is 19.1. The lowest BCUT2D eigenvalue weighted by atomic mass is 9.95. The fraction of sp³-hybridized carbons (Fsp3) is 0.304. The number of nitrogens with zero attached hydrogens (tertiary/aromatic N) is 1. The quantitative estimate of drug-likeness (QED) is 0.309. The smallest absolute Gasteiger partial charge is 0.295 e. The summed E-state index contributed by atoms with van der Waals surface area (Å²) >= 11 is 0. The fourth-order valence-corrected chi connectivity index (χ4v) is 3.54. The zero-order valence-electron chi connectivity index (χ0n) is 16.9. The van der Waals surface area contributed by atoms with Gasteiger partial charge in [0.05, 0.1) is 18.2 Å². The molecule has 0 saturated carbocycles. The molecule has 1 atom stereocenters. The molecule has 0 aliphatic carbocycles. The summed E-state index contributed by atoms with van der Waals surface area (Å²) in [5.74, 6) is -1.67. The van der Waals surface area contributed by atoms with Gasteiger partial charge in [-0.2, -0.15) is 0 Å². The Balaban J connectivity index is 2.10. The Morgan fingerprint density at radius 3 is 2.57 bits per heavy atom. The third-order valence-electron chi connectivity index (χ3n) is 4.89. The second-order valence-corrected chi connectivity index (χ2v) is 6.85. The number of carbonyl (C=O) groups is 2. The maximum atomic E-state index is 13.5. The van der Waals surface area contributed by atoms with Gasteiger partial charge in [0.15, 0.2) is 0 Å². The van der Waals surface area contributed by atoms with E-state index < -0.39 is 23.5 Å². The van der Waals surface area contributed by atoms with Crippen LogP contribution in [0.25, 0.3) is 5.76 Å². The predicted octanol–water partition coefficient (Wildman–Crippen LogP) is 3.68. The molecule has 0 spiro atoms. The number of aliphatic hydroxyl groups excluding tert-OH is 1. The van der Waals surface area contributed by atoms with E-state index in [1.807, 2.05) is 6.92 Å². The topological polar surface area (TPSA) is 76.1 Å². The molecule has 0 bridgehead atoms. The van der Waals surface area contributed by atoms with Gasteiger partial charge in [-0.05, 0) is 43.2 Å². The molecule has 1 heterocycles. The third kappa shape index (κ3) is 4.36. The van der Waals surface area contributed by atoms with Crippen LogP contribution in [-0.4, -0.2) is 48.6 Å². The van der Waals surface area contributed by atoms with Crippen LogP contribution in [0.3, 0.4) is 0 Å². The molecule has 1 aliphatic heterocycles. The van der Waals surface area contributed by atoms with Crippen molar-refractivity contribution in [2.24, 2.45) is 0 Å². The summed E-state index contributed by atoms with van der Waals surface area (Å²) in [5.41, 5.74) is 0.871. The number of ketones is 1. The molecule has 7 heteroatoms. The molecule has 2 aromatic carbocycles. The number of amides is 1. The minimum atomic E-state index is -0.821. The Kier molecular flexibility index (Phi) is 6.84. The van der Waals surface area contributed by atoms with Crippen LogP contribution in [0.5, 0.6) is 5.75 Å². The van der Waals surface area contributed by atoms with Gasteiger partial charge in [0, 0.05) is 25.8 Å². The number of hydrogen-bond acceptors (Lipinski definition) is 5. The Bertz CT molecular complexity index is 954. The van der Waals surface area contributed by atoms with E-state index in [2.05, 4.69) is 0 Å². The number of benzene rings is 2. The van der Waals surface area contributed by atoms with E-state index in [4.69, 9.17) is 9.47 Å². The Morgan fingerprint density at radius 2 is 1.90 bits per heavy atom. The summed E-state index contributed by atoms with van der Waals surface area (Å²) in [5, 5.41) is 11.0. The molecular formula is C23H24FNO5. The lowest BCUT2D eigenvalue weighted by molar-refractivity contribution is -0.140. The first kappa shape index (κ1) is 21.5. The molecule has 1 saturated heterocycles. The van der Waals surface area contributed by atoms with Gasteiger partial charge in [0.2, 0.25) is 0 Å². The van der Waals surface area contributed by atoms with E-state index in [1.165, 1.54) is 29.2 Å². The summed E-state index contributed by atoms with van der Waals surface area (Å²) in [6.45, 7) is 2.96. The van der Waals surface area contributed by atoms with Crippen LogP contribution < -0.4 is 4.74 Å². The van der Waals surface area contributed by atoms with Crippen molar-refractivity contribution in [2.75, 3.05) is 26.9 Å². The number of methoxy groups -OCH3 is 1. The highest BCUT2D eigenvalue weighted by Crippen LogP contribution is 2.39. The summed E-state index contributed by atoms with van der Waals surface area (Å²) in [6.07, 6.45) is 0.515. The maximum Gasteiger partial charge on any atom is 0.295 e. The average molecular weight is 413 g/mol. The van der Waals surface area contributed by atoms with Crippen molar-refractivity contribution >= 4 is 17.4 Å². The fourth-order valence-electron chi connectivity index (χ4n) is 3.54. The molecule has 1 unspecified atom stereocenters. The van der Waals surface area contributed by atoms with Crippen molar-refractivity contribution in [1.82, 2.24) is 4.90 Å². The van der Waals surface area contributed by atoms with E-state index >= 15 is 0 Å². The number of ether oxygens (including phenoxy) is 2. The van der Waals surface area contributed by atoms with Crippen LogP contribution in [0.2, 0.25) is 0 Å².